The molecule has 0 aliphatic rings. The maximum absolute atomic E-state index is 13.9. The average molecular weight is 503 g/mol. The Labute approximate surface area is 202 Å². The Morgan fingerprint density at radius 3 is 2.63 bits per heavy atom. The topological polar surface area (TPSA) is 129 Å². The van der Waals surface area contributed by atoms with Crippen molar-refractivity contribution in [1.82, 2.24) is 18.9 Å². The number of fused-ring (bicyclic) bond motifs is 1. The van der Waals surface area contributed by atoms with Gasteiger partial charge in [-0.1, -0.05) is 11.3 Å². The standard InChI is InChI=1S/C23H23FN4O6S/c1-12-17-18(30)28(23(2,3)21(31)32)22(33)26(20(17)35-19(12)27-9-5-8-25-27)11-15(29)14-10-13(24)6-7-16(14)34-4/h5-10,15,29H,11H2,1-4H3,(H,31,32)/t15-/m0/s1. The maximum atomic E-state index is 13.9. The van der Waals surface area contributed by atoms with Crippen LogP contribution in [0.3, 0.4) is 0 Å². The number of hydrogen-bond acceptors (Lipinski definition) is 7. The van der Waals surface area contributed by atoms with Crippen LogP contribution < -0.4 is 16.0 Å². The van der Waals surface area contributed by atoms with E-state index in [1.165, 1.54) is 37.8 Å². The van der Waals surface area contributed by atoms with Crippen LogP contribution in [-0.2, 0) is 16.9 Å². The van der Waals surface area contributed by atoms with Crippen LogP contribution in [0.2, 0.25) is 0 Å². The first-order valence-corrected chi connectivity index (χ1v) is 11.3. The fourth-order valence-electron chi connectivity index (χ4n) is 3.93. The van der Waals surface area contributed by atoms with Crippen molar-refractivity contribution in [1.29, 1.82) is 0 Å². The molecule has 184 valence electrons. The first kappa shape index (κ1) is 24.4. The van der Waals surface area contributed by atoms with E-state index < -0.39 is 34.7 Å². The van der Waals surface area contributed by atoms with Crippen LogP contribution in [0.5, 0.6) is 5.75 Å². The molecular weight excluding hydrogens is 479 g/mol. The van der Waals surface area contributed by atoms with Crippen LogP contribution in [-0.4, -0.2) is 42.2 Å². The third-order valence-electron chi connectivity index (χ3n) is 5.89. The highest BCUT2D eigenvalue weighted by atomic mass is 32.1. The van der Waals surface area contributed by atoms with Gasteiger partial charge in [0.1, 0.15) is 33.0 Å². The second-order valence-corrected chi connectivity index (χ2v) is 9.44. The molecule has 0 aliphatic heterocycles. The number of halogens is 1. The molecule has 0 aliphatic carbocycles. The summed E-state index contributed by atoms with van der Waals surface area (Å²) >= 11 is 1.10. The van der Waals surface area contributed by atoms with E-state index >= 15 is 0 Å². The lowest BCUT2D eigenvalue weighted by molar-refractivity contribution is -0.146. The average Bonchev–Trinajstić information content (AvgIpc) is 3.44. The van der Waals surface area contributed by atoms with E-state index in [0.29, 0.717) is 15.1 Å². The minimum absolute atomic E-state index is 0.100. The smallest absolute Gasteiger partial charge is 0.333 e. The number of methoxy groups -OCH3 is 1. The van der Waals surface area contributed by atoms with Gasteiger partial charge in [-0.3, -0.25) is 9.36 Å². The van der Waals surface area contributed by atoms with Gasteiger partial charge in [-0.05, 0) is 45.0 Å². The van der Waals surface area contributed by atoms with Crippen molar-refractivity contribution in [2.75, 3.05) is 7.11 Å². The number of hydrogen-bond donors (Lipinski definition) is 2. The largest absolute Gasteiger partial charge is 0.496 e. The first-order valence-electron chi connectivity index (χ1n) is 10.5. The second-order valence-electron chi connectivity index (χ2n) is 8.46. The number of carbonyl (C=O) groups is 1. The molecule has 0 saturated heterocycles. The summed E-state index contributed by atoms with van der Waals surface area (Å²) in [6, 6.07) is 5.32. The number of thiophene rings is 1. The van der Waals surface area contributed by atoms with Gasteiger partial charge in [0.25, 0.3) is 5.56 Å². The summed E-state index contributed by atoms with van der Waals surface area (Å²) in [6.45, 7) is 3.78. The number of carboxylic acid groups (broad SMARTS) is 1. The second kappa shape index (κ2) is 8.78. The Morgan fingerprint density at radius 2 is 2.03 bits per heavy atom. The monoisotopic (exact) mass is 502 g/mol. The Bertz CT molecular complexity index is 1550. The molecule has 3 aromatic heterocycles. The van der Waals surface area contributed by atoms with E-state index in [1.54, 1.807) is 25.4 Å². The maximum Gasteiger partial charge on any atom is 0.333 e. The van der Waals surface area contributed by atoms with Gasteiger partial charge < -0.3 is 14.9 Å². The zero-order chi connectivity index (χ0) is 25.7. The number of aliphatic carboxylic acids is 1. The van der Waals surface area contributed by atoms with Crippen molar-refractivity contribution in [2.24, 2.45) is 0 Å². The fraction of sp³-hybridized carbons (Fsp3) is 0.304. The minimum Gasteiger partial charge on any atom is -0.496 e. The summed E-state index contributed by atoms with van der Waals surface area (Å²) in [6.07, 6.45) is 1.82. The number of nitrogens with zero attached hydrogens (tertiary/aromatic N) is 4. The van der Waals surface area contributed by atoms with Crippen LogP contribution >= 0.6 is 11.3 Å². The highest BCUT2D eigenvalue weighted by Gasteiger charge is 2.35. The molecular formula is C23H23FN4O6S. The van der Waals surface area contributed by atoms with E-state index in [0.717, 1.165) is 22.0 Å². The Balaban J connectivity index is 2.03. The molecule has 1 atom stereocenters. The Morgan fingerprint density at radius 1 is 1.31 bits per heavy atom. The van der Waals surface area contributed by atoms with Crippen molar-refractivity contribution in [3.8, 4) is 10.8 Å². The van der Waals surface area contributed by atoms with Crippen LogP contribution in [0.1, 0.15) is 31.1 Å². The van der Waals surface area contributed by atoms with E-state index in [2.05, 4.69) is 5.10 Å². The summed E-state index contributed by atoms with van der Waals surface area (Å²) in [5, 5.41) is 25.6. The van der Waals surface area contributed by atoms with Crippen molar-refractivity contribution in [3.63, 3.8) is 0 Å². The Kier molecular flexibility index (Phi) is 6.11. The molecule has 2 N–H and O–H groups in total. The van der Waals surface area contributed by atoms with Gasteiger partial charge in [-0.2, -0.15) is 5.10 Å². The molecule has 0 radical (unpaired) electrons. The number of aliphatic hydroxyl groups excluding tert-OH is 1. The van der Waals surface area contributed by atoms with Gasteiger partial charge in [-0.15, -0.1) is 0 Å². The number of carboxylic acids is 1. The molecule has 3 heterocycles. The molecule has 0 saturated carbocycles. The van der Waals surface area contributed by atoms with Gasteiger partial charge >= 0.3 is 11.7 Å². The lowest BCUT2D eigenvalue weighted by Crippen LogP contribution is -2.52. The van der Waals surface area contributed by atoms with Gasteiger partial charge in [0.05, 0.1) is 19.0 Å². The molecule has 35 heavy (non-hydrogen) atoms. The predicted octanol–water partition coefficient (Wildman–Crippen LogP) is 2.42. The molecule has 0 fully saturated rings. The number of benzene rings is 1. The summed E-state index contributed by atoms with van der Waals surface area (Å²) in [4.78, 5) is 39.3. The normalized spacial score (nSPS) is 12.7. The number of aryl methyl sites for hydroxylation is 1. The van der Waals surface area contributed by atoms with Crippen LogP contribution in [0, 0.1) is 12.7 Å². The van der Waals surface area contributed by atoms with Crippen LogP contribution in [0.25, 0.3) is 15.2 Å². The van der Waals surface area contributed by atoms with Gasteiger partial charge in [-0.25, -0.2) is 23.2 Å². The van der Waals surface area contributed by atoms with Crippen molar-refractivity contribution < 1.29 is 24.1 Å². The molecule has 4 rings (SSSR count). The third kappa shape index (κ3) is 3.94. The van der Waals surface area contributed by atoms with E-state index in [1.807, 2.05) is 0 Å². The van der Waals surface area contributed by atoms with Crippen molar-refractivity contribution in [3.05, 3.63) is 74.4 Å². The highest BCUT2D eigenvalue weighted by Crippen LogP contribution is 2.33. The molecule has 0 spiro atoms. The van der Waals surface area contributed by atoms with E-state index in [4.69, 9.17) is 4.74 Å². The molecule has 10 nitrogen and oxygen atoms in total. The van der Waals surface area contributed by atoms with E-state index in [-0.39, 0.29) is 28.1 Å². The summed E-state index contributed by atoms with van der Waals surface area (Å²) < 4.78 is 22.5. The lowest BCUT2D eigenvalue weighted by Gasteiger charge is -2.24. The van der Waals surface area contributed by atoms with Crippen molar-refractivity contribution in [2.45, 2.75) is 39.0 Å². The highest BCUT2D eigenvalue weighted by molar-refractivity contribution is 7.21. The third-order valence-corrected chi connectivity index (χ3v) is 7.19. The molecule has 12 heteroatoms. The zero-order valence-corrected chi connectivity index (χ0v) is 20.2. The van der Waals surface area contributed by atoms with Crippen LogP contribution in [0.15, 0.2) is 46.2 Å². The van der Waals surface area contributed by atoms with Gasteiger partial charge in [0.2, 0.25) is 0 Å². The van der Waals surface area contributed by atoms with E-state index in [9.17, 15) is 29.0 Å². The number of ether oxygens (including phenoxy) is 1. The van der Waals surface area contributed by atoms with Crippen LogP contribution in [0.4, 0.5) is 4.39 Å². The fourth-order valence-corrected chi connectivity index (χ4v) is 5.17. The quantitative estimate of drug-likeness (QED) is 0.397. The number of rotatable bonds is 7. The zero-order valence-electron chi connectivity index (χ0n) is 19.4. The molecule has 1 aromatic carbocycles. The molecule has 4 aromatic rings. The number of aliphatic hydroxyl groups is 1. The molecule has 0 amide bonds. The SMILES string of the molecule is COc1ccc(F)cc1[C@@H](O)Cn1c(=O)n(C(C)(C)C(=O)O)c(=O)c2c(C)c(-n3cccn3)sc21. The molecule has 0 bridgehead atoms. The minimum atomic E-state index is -1.88. The lowest BCUT2D eigenvalue weighted by atomic mass is 10.1. The van der Waals surface area contributed by atoms with Gasteiger partial charge in [0.15, 0.2) is 0 Å². The van der Waals surface area contributed by atoms with Gasteiger partial charge in [0, 0.05) is 23.5 Å². The summed E-state index contributed by atoms with van der Waals surface area (Å²) in [7, 11) is 1.36. The summed E-state index contributed by atoms with van der Waals surface area (Å²) in [5.74, 6) is -1.78. The first-order chi connectivity index (χ1) is 16.5. The summed E-state index contributed by atoms with van der Waals surface area (Å²) in [5.41, 5.74) is -2.97. The Hall–Kier alpha value is -3.77. The number of aromatic nitrogens is 4. The van der Waals surface area contributed by atoms with Crippen molar-refractivity contribution >= 4 is 27.5 Å². The molecule has 0 unspecified atom stereocenters. The predicted molar refractivity (Wildman–Crippen MR) is 127 cm³/mol.